The van der Waals surface area contributed by atoms with Crippen LogP contribution in [0.3, 0.4) is 0 Å². The zero-order valence-electron chi connectivity index (χ0n) is 7.70. The van der Waals surface area contributed by atoms with Crippen LogP contribution in [0.4, 0.5) is 4.79 Å². The fourth-order valence-corrected chi connectivity index (χ4v) is 0.717. The van der Waals surface area contributed by atoms with Gasteiger partial charge in [-0.15, -0.1) is 0 Å². The molecule has 2 N–H and O–H groups in total. The summed E-state index contributed by atoms with van der Waals surface area (Å²) in [7, 11) is 0. The summed E-state index contributed by atoms with van der Waals surface area (Å²) >= 11 is 0. The van der Waals surface area contributed by atoms with Crippen molar-refractivity contribution in [2.75, 3.05) is 0 Å². The molecule has 2 aromatic rings. The van der Waals surface area contributed by atoms with Gasteiger partial charge in [0.2, 0.25) is 0 Å². The van der Waals surface area contributed by atoms with Crippen LogP contribution in [0.1, 0.15) is 0 Å². The van der Waals surface area contributed by atoms with Crippen LogP contribution >= 0.6 is 0 Å². The molecule has 0 spiro atoms. The summed E-state index contributed by atoms with van der Waals surface area (Å²) in [6.45, 7) is 0. The van der Waals surface area contributed by atoms with Gasteiger partial charge in [-0.1, -0.05) is 0 Å². The molecule has 0 bridgehead atoms. The van der Waals surface area contributed by atoms with Crippen LogP contribution in [0.2, 0.25) is 0 Å². The van der Waals surface area contributed by atoms with Gasteiger partial charge in [0.15, 0.2) is 5.75 Å². The van der Waals surface area contributed by atoms with E-state index in [2.05, 4.69) is 19.7 Å². The van der Waals surface area contributed by atoms with Crippen LogP contribution in [0.25, 0.3) is 0 Å². The van der Waals surface area contributed by atoms with E-state index < -0.39 is 6.16 Å². The number of aromatic nitrogens is 3. The van der Waals surface area contributed by atoms with Crippen LogP contribution in [0.5, 0.6) is 5.75 Å². The number of rotatable bonds is 1. The van der Waals surface area contributed by atoms with Crippen LogP contribution in [0.15, 0.2) is 43.2 Å². The second-order valence-corrected chi connectivity index (χ2v) is 2.33. The summed E-state index contributed by atoms with van der Waals surface area (Å²) in [6, 6.07) is 3.89. The van der Waals surface area contributed by atoms with Gasteiger partial charge in [0, 0.05) is 12.4 Å². The molecule has 6 nitrogen and oxygen atoms in total. The van der Waals surface area contributed by atoms with E-state index in [1.165, 1.54) is 18.7 Å². The molecule has 0 saturated heterocycles. The normalized spacial score (nSPS) is 8.53. The molecule has 0 aliphatic rings. The van der Waals surface area contributed by atoms with Gasteiger partial charge >= 0.3 is 6.16 Å². The topological polar surface area (TPSA) is 88.1 Å². The minimum Gasteiger partial charge on any atom is -0.449 e. The van der Waals surface area contributed by atoms with Crippen molar-refractivity contribution < 1.29 is 14.6 Å². The molecule has 0 aromatic carbocycles. The first kappa shape index (κ1) is 10.7. The third-order valence-electron chi connectivity index (χ3n) is 1.24. The number of nitrogens with one attached hydrogen (secondary N) is 1. The number of carbonyl (C=O) groups is 1. The van der Waals surface area contributed by atoms with Gasteiger partial charge in [-0.05, 0) is 12.1 Å². The lowest BCUT2D eigenvalue weighted by molar-refractivity contribution is 0.144. The summed E-state index contributed by atoms with van der Waals surface area (Å²) < 4.78 is 4.21. The monoisotopic (exact) mass is 207 g/mol. The third kappa shape index (κ3) is 5.04. The Bertz CT molecular complexity index is 358. The third-order valence-corrected chi connectivity index (χ3v) is 1.24. The van der Waals surface area contributed by atoms with Gasteiger partial charge < -0.3 is 14.8 Å². The number of H-pyrrole nitrogens is 1. The Morgan fingerprint density at radius 2 is 1.87 bits per heavy atom. The average Bonchev–Trinajstić information content (AvgIpc) is 2.76. The summed E-state index contributed by atoms with van der Waals surface area (Å²) in [5.74, 6) is 0.120. The number of carboxylic acid groups (broad SMARTS) is 1. The molecule has 0 radical (unpaired) electrons. The van der Waals surface area contributed by atoms with E-state index in [4.69, 9.17) is 5.11 Å². The van der Waals surface area contributed by atoms with E-state index >= 15 is 0 Å². The number of aromatic amines is 1. The molecular weight excluding hydrogens is 198 g/mol. The minimum atomic E-state index is -1.37. The predicted octanol–water partition coefficient (Wildman–Crippen LogP) is 1.55. The Morgan fingerprint density at radius 3 is 2.27 bits per heavy atom. The maximum absolute atomic E-state index is 9.89. The fraction of sp³-hybridized carbons (Fsp3) is 0. The van der Waals surface area contributed by atoms with Crippen molar-refractivity contribution in [2.45, 2.75) is 0 Å². The zero-order chi connectivity index (χ0) is 10.9. The second-order valence-electron chi connectivity index (χ2n) is 2.33. The second kappa shape index (κ2) is 6.14. The lowest BCUT2D eigenvalue weighted by Crippen LogP contribution is -2.03. The van der Waals surface area contributed by atoms with Crippen molar-refractivity contribution in [3.8, 4) is 5.75 Å². The first-order valence-corrected chi connectivity index (χ1v) is 4.02. The number of nitrogens with zero attached hydrogens (tertiary/aromatic N) is 2. The SMILES string of the molecule is O=C(O)Oc1cncnc1.c1cc[nH]c1. The quantitative estimate of drug-likeness (QED) is 0.692. The highest BCUT2D eigenvalue weighted by atomic mass is 16.7. The first-order valence-electron chi connectivity index (χ1n) is 4.02. The summed E-state index contributed by atoms with van der Waals surface area (Å²) in [4.78, 5) is 19.8. The van der Waals surface area contributed by atoms with Crippen LogP contribution in [0, 0.1) is 0 Å². The molecule has 0 saturated carbocycles. The van der Waals surface area contributed by atoms with Crippen molar-refractivity contribution in [3.05, 3.63) is 43.2 Å². The van der Waals surface area contributed by atoms with Gasteiger partial charge in [-0.2, -0.15) is 0 Å². The van der Waals surface area contributed by atoms with E-state index in [9.17, 15) is 4.79 Å². The highest BCUT2D eigenvalue weighted by molar-refractivity contribution is 5.60. The molecule has 0 aliphatic heterocycles. The standard InChI is InChI=1S/C5H4N2O3.C4H5N/c8-5(9)10-4-1-6-3-7-2-4;1-2-4-5-3-1/h1-3H,(H,8,9);1-5H. The van der Waals surface area contributed by atoms with Crippen molar-refractivity contribution in [2.24, 2.45) is 0 Å². The highest BCUT2D eigenvalue weighted by Crippen LogP contribution is 2.02. The number of ether oxygens (including phenoxy) is 1. The molecule has 0 fully saturated rings. The lowest BCUT2D eigenvalue weighted by Gasteiger charge is -1.94. The first-order chi connectivity index (χ1) is 7.29. The molecule has 78 valence electrons. The molecular formula is C9H9N3O3. The molecule has 6 heteroatoms. The average molecular weight is 207 g/mol. The van der Waals surface area contributed by atoms with Crippen molar-refractivity contribution in [1.29, 1.82) is 0 Å². The van der Waals surface area contributed by atoms with Gasteiger partial charge in [0.1, 0.15) is 6.33 Å². The van der Waals surface area contributed by atoms with E-state index in [0.717, 1.165) is 0 Å². The zero-order valence-corrected chi connectivity index (χ0v) is 7.70. The molecule has 2 aromatic heterocycles. The lowest BCUT2D eigenvalue weighted by atomic mass is 10.6. The Labute approximate surface area is 85.6 Å². The highest BCUT2D eigenvalue weighted by Gasteiger charge is 1.98. The fourth-order valence-electron chi connectivity index (χ4n) is 0.717. The molecule has 2 rings (SSSR count). The van der Waals surface area contributed by atoms with Crippen LogP contribution in [-0.2, 0) is 0 Å². The molecule has 2 heterocycles. The summed E-state index contributed by atoms with van der Waals surface area (Å²) in [5, 5.41) is 8.09. The summed E-state index contributed by atoms with van der Waals surface area (Å²) in [6.07, 6.45) is 6.20. The van der Waals surface area contributed by atoms with Crippen molar-refractivity contribution in [3.63, 3.8) is 0 Å². The molecule has 15 heavy (non-hydrogen) atoms. The smallest absolute Gasteiger partial charge is 0.449 e. The van der Waals surface area contributed by atoms with Crippen LogP contribution in [-0.4, -0.2) is 26.2 Å². The van der Waals surface area contributed by atoms with Gasteiger partial charge in [0.25, 0.3) is 0 Å². The van der Waals surface area contributed by atoms with E-state index in [-0.39, 0.29) is 5.75 Å². The Morgan fingerprint density at radius 1 is 1.27 bits per heavy atom. The molecule has 0 atom stereocenters. The Hall–Kier alpha value is -2.37. The molecule has 0 amide bonds. The van der Waals surface area contributed by atoms with E-state index in [1.54, 1.807) is 0 Å². The van der Waals surface area contributed by atoms with E-state index in [0.29, 0.717) is 0 Å². The van der Waals surface area contributed by atoms with Gasteiger partial charge in [-0.3, -0.25) is 0 Å². The van der Waals surface area contributed by atoms with Gasteiger partial charge in [0.05, 0.1) is 12.4 Å². The van der Waals surface area contributed by atoms with Crippen LogP contribution < -0.4 is 4.74 Å². The van der Waals surface area contributed by atoms with Gasteiger partial charge in [-0.25, -0.2) is 14.8 Å². The Balaban J connectivity index is 0.000000187. The maximum atomic E-state index is 9.89. The number of hydrogen-bond acceptors (Lipinski definition) is 4. The van der Waals surface area contributed by atoms with E-state index in [1.807, 2.05) is 24.5 Å². The molecule has 0 unspecified atom stereocenters. The Kier molecular flexibility index (Phi) is 4.38. The van der Waals surface area contributed by atoms with Crippen molar-refractivity contribution >= 4 is 6.16 Å². The number of hydrogen-bond donors (Lipinski definition) is 2. The predicted molar refractivity (Wildman–Crippen MR) is 51.5 cm³/mol. The summed E-state index contributed by atoms with van der Waals surface area (Å²) in [5.41, 5.74) is 0. The largest absolute Gasteiger partial charge is 0.511 e. The molecule has 0 aliphatic carbocycles. The maximum Gasteiger partial charge on any atom is 0.511 e. The van der Waals surface area contributed by atoms with Crippen molar-refractivity contribution in [1.82, 2.24) is 15.0 Å². The minimum absolute atomic E-state index is 0.120.